The Morgan fingerprint density at radius 3 is 2.82 bits per heavy atom. The van der Waals surface area contributed by atoms with Crippen LogP contribution in [0.25, 0.3) is 0 Å². The normalized spacial score (nSPS) is 10.5. The first-order valence-electron chi connectivity index (χ1n) is 6.76. The maximum absolute atomic E-state index is 11.1. The molecule has 0 aromatic carbocycles. The maximum atomic E-state index is 11.1. The van der Waals surface area contributed by atoms with Gasteiger partial charge in [0, 0.05) is 24.8 Å². The molecule has 0 radical (unpaired) electrons. The van der Waals surface area contributed by atoms with Gasteiger partial charge in [0.1, 0.15) is 10.8 Å². The summed E-state index contributed by atoms with van der Waals surface area (Å²) in [4.78, 5) is 19.7. The molecule has 2 heterocycles. The van der Waals surface area contributed by atoms with Crippen LogP contribution in [-0.4, -0.2) is 38.6 Å². The van der Waals surface area contributed by atoms with E-state index < -0.39 is 0 Å². The molecule has 0 saturated carbocycles. The van der Waals surface area contributed by atoms with Crippen LogP contribution in [0.4, 0.5) is 5.82 Å². The Hall–Kier alpha value is -2.09. The van der Waals surface area contributed by atoms with Gasteiger partial charge in [-0.1, -0.05) is 11.8 Å². The molecule has 0 aliphatic heterocycles. The van der Waals surface area contributed by atoms with Gasteiger partial charge >= 0.3 is 5.97 Å². The smallest absolute Gasteiger partial charge is 0.316 e. The molecule has 2 aromatic heterocycles. The average molecular weight is 321 g/mol. The zero-order valence-corrected chi connectivity index (χ0v) is 13.9. The maximum Gasteiger partial charge on any atom is 0.316 e. The van der Waals surface area contributed by atoms with Gasteiger partial charge in [-0.2, -0.15) is 5.10 Å². The quantitative estimate of drug-likeness (QED) is 0.640. The average Bonchev–Trinajstić information content (AvgIpc) is 2.76. The summed E-state index contributed by atoms with van der Waals surface area (Å²) >= 11 is 1.29. The molecule has 2 aromatic rings. The zero-order valence-electron chi connectivity index (χ0n) is 13.1. The minimum atomic E-state index is -0.285. The van der Waals surface area contributed by atoms with Gasteiger partial charge in [0.15, 0.2) is 0 Å². The molecule has 118 valence electrons. The minimum Gasteiger partial charge on any atom is -0.468 e. The number of aryl methyl sites for hydroxylation is 2. The SMILES string of the molecule is COC(=O)CSc1cncc(NCc2c(C)nn(C)c2C)n1. The molecule has 0 spiro atoms. The third-order valence-electron chi connectivity index (χ3n) is 3.28. The molecular formula is C14H19N5O2S. The lowest BCUT2D eigenvalue weighted by Crippen LogP contribution is -2.06. The van der Waals surface area contributed by atoms with Crippen LogP contribution in [0.3, 0.4) is 0 Å². The van der Waals surface area contributed by atoms with E-state index in [-0.39, 0.29) is 11.7 Å². The van der Waals surface area contributed by atoms with E-state index in [0.29, 0.717) is 17.4 Å². The minimum absolute atomic E-state index is 0.218. The molecule has 0 amide bonds. The Morgan fingerprint density at radius 1 is 1.41 bits per heavy atom. The van der Waals surface area contributed by atoms with Gasteiger partial charge in [0.25, 0.3) is 0 Å². The van der Waals surface area contributed by atoms with E-state index >= 15 is 0 Å². The molecule has 1 N–H and O–H groups in total. The summed E-state index contributed by atoms with van der Waals surface area (Å²) in [7, 11) is 3.29. The molecule has 0 saturated heterocycles. The standard InChI is InChI=1S/C14H19N5O2S/c1-9-11(10(2)19(3)18-9)5-16-12-6-15-7-13(17-12)22-8-14(20)21-4/h6-7H,5,8H2,1-4H3,(H,16,17). The van der Waals surface area contributed by atoms with Crippen LogP contribution in [0.5, 0.6) is 0 Å². The summed E-state index contributed by atoms with van der Waals surface area (Å²) in [6.07, 6.45) is 3.28. The van der Waals surface area contributed by atoms with E-state index in [2.05, 4.69) is 25.1 Å². The molecule has 22 heavy (non-hydrogen) atoms. The highest BCUT2D eigenvalue weighted by molar-refractivity contribution is 7.99. The van der Waals surface area contributed by atoms with Crippen LogP contribution in [0.2, 0.25) is 0 Å². The second kappa shape index (κ2) is 7.26. The Labute approximate surface area is 133 Å². The van der Waals surface area contributed by atoms with Crippen molar-refractivity contribution in [3.05, 3.63) is 29.3 Å². The van der Waals surface area contributed by atoms with E-state index in [1.165, 1.54) is 18.9 Å². The fourth-order valence-electron chi connectivity index (χ4n) is 1.95. The highest BCUT2D eigenvalue weighted by atomic mass is 32.2. The highest BCUT2D eigenvalue weighted by Gasteiger charge is 2.10. The summed E-state index contributed by atoms with van der Waals surface area (Å²) in [6.45, 7) is 4.65. The number of nitrogens with one attached hydrogen (secondary N) is 1. The van der Waals surface area contributed by atoms with Crippen LogP contribution in [0.15, 0.2) is 17.4 Å². The van der Waals surface area contributed by atoms with E-state index in [0.717, 1.165) is 17.0 Å². The molecule has 0 bridgehead atoms. The molecule has 0 unspecified atom stereocenters. The van der Waals surface area contributed by atoms with Crippen molar-refractivity contribution in [3.63, 3.8) is 0 Å². The van der Waals surface area contributed by atoms with E-state index in [1.807, 2.05) is 25.6 Å². The van der Waals surface area contributed by atoms with Crippen molar-refractivity contribution >= 4 is 23.5 Å². The number of thioether (sulfide) groups is 1. The van der Waals surface area contributed by atoms with E-state index in [4.69, 9.17) is 0 Å². The van der Waals surface area contributed by atoms with Crippen LogP contribution in [-0.2, 0) is 23.1 Å². The summed E-state index contributed by atoms with van der Waals surface area (Å²) in [6, 6.07) is 0. The lowest BCUT2D eigenvalue weighted by molar-refractivity contribution is -0.137. The van der Waals surface area contributed by atoms with E-state index in [9.17, 15) is 4.79 Å². The summed E-state index contributed by atoms with van der Waals surface area (Å²) in [5.74, 6) is 0.597. The number of rotatable bonds is 6. The first-order valence-corrected chi connectivity index (χ1v) is 7.74. The van der Waals surface area contributed by atoms with Crippen LogP contribution < -0.4 is 5.32 Å². The number of hydrogen-bond acceptors (Lipinski definition) is 7. The number of nitrogens with zero attached hydrogens (tertiary/aromatic N) is 4. The number of methoxy groups -OCH3 is 1. The second-order valence-corrected chi connectivity index (χ2v) is 5.73. The van der Waals surface area contributed by atoms with Crippen molar-refractivity contribution in [1.82, 2.24) is 19.7 Å². The summed E-state index contributed by atoms with van der Waals surface area (Å²) in [5, 5.41) is 8.30. The number of carbonyl (C=O) groups is 1. The Kier molecular flexibility index (Phi) is 5.37. The fourth-order valence-corrected chi connectivity index (χ4v) is 2.63. The molecule has 2 rings (SSSR count). The molecular weight excluding hydrogens is 302 g/mol. The van der Waals surface area contributed by atoms with Crippen molar-refractivity contribution in [2.75, 3.05) is 18.2 Å². The predicted octanol–water partition coefficient (Wildman–Crippen LogP) is 1.70. The Bertz CT molecular complexity index is 671. The molecule has 0 aliphatic rings. The van der Waals surface area contributed by atoms with Crippen molar-refractivity contribution in [2.24, 2.45) is 7.05 Å². The van der Waals surface area contributed by atoms with Gasteiger partial charge < -0.3 is 10.1 Å². The number of hydrogen-bond donors (Lipinski definition) is 1. The lowest BCUT2D eigenvalue weighted by Gasteiger charge is -2.07. The fraction of sp³-hybridized carbons (Fsp3) is 0.429. The van der Waals surface area contributed by atoms with Gasteiger partial charge in [0.2, 0.25) is 0 Å². The molecule has 8 heteroatoms. The molecule has 0 atom stereocenters. The molecule has 0 aliphatic carbocycles. The number of aromatic nitrogens is 4. The van der Waals surface area contributed by atoms with Gasteiger partial charge in [-0.25, -0.2) is 4.98 Å². The van der Waals surface area contributed by atoms with Gasteiger partial charge in [-0.05, 0) is 13.8 Å². The third-order valence-corrected chi connectivity index (χ3v) is 4.16. The third kappa shape index (κ3) is 3.97. The van der Waals surface area contributed by atoms with Gasteiger partial charge in [-0.15, -0.1) is 0 Å². The topological polar surface area (TPSA) is 81.9 Å². The Morgan fingerprint density at radius 2 is 2.18 bits per heavy atom. The Balaban J connectivity index is 2.00. The monoisotopic (exact) mass is 321 g/mol. The lowest BCUT2D eigenvalue weighted by atomic mass is 10.2. The van der Waals surface area contributed by atoms with Crippen molar-refractivity contribution in [1.29, 1.82) is 0 Å². The van der Waals surface area contributed by atoms with Crippen LogP contribution in [0, 0.1) is 13.8 Å². The molecule has 7 nitrogen and oxygen atoms in total. The highest BCUT2D eigenvalue weighted by Crippen LogP contribution is 2.18. The number of ether oxygens (including phenoxy) is 1. The van der Waals surface area contributed by atoms with Crippen LogP contribution in [0.1, 0.15) is 17.0 Å². The summed E-state index contributed by atoms with van der Waals surface area (Å²) in [5.41, 5.74) is 3.27. The zero-order chi connectivity index (χ0) is 16.1. The first-order chi connectivity index (χ1) is 10.5. The van der Waals surface area contributed by atoms with Crippen LogP contribution >= 0.6 is 11.8 Å². The second-order valence-electron chi connectivity index (χ2n) is 4.73. The van der Waals surface area contributed by atoms with Gasteiger partial charge in [0.05, 0.1) is 31.0 Å². The molecule has 0 fully saturated rings. The summed E-state index contributed by atoms with van der Waals surface area (Å²) < 4.78 is 6.47. The van der Waals surface area contributed by atoms with Gasteiger partial charge in [-0.3, -0.25) is 14.5 Å². The van der Waals surface area contributed by atoms with E-state index in [1.54, 1.807) is 12.4 Å². The van der Waals surface area contributed by atoms with Crippen molar-refractivity contribution in [2.45, 2.75) is 25.4 Å². The largest absolute Gasteiger partial charge is 0.468 e. The number of carbonyl (C=O) groups excluding carboxylic acids is 1. The first kappa shape index (κ1) is 16.3. The number of anilines is 1. The van der Waals surface area contributed by atoms with Crippen molar-refractivity contribution < 1.29 is 9.53 Å². The van der Waals surface area contributed by atoms with Crippen molar-refractivity contribution in [3.8, 4) is 0 Å². The number of esters is 1. The predicted molar refractivity (Wildman–Crippen MR) is 84.8 cm³/mol.